The summed E-state index contributed by atoms with van der Waals surface area (Å²) in [7, 11) is -3.29. The Balaban J connectivity index is 2.56. The largest absolute Gasteiger partial charge is 0.465 e. The first-order valence-electron chi connectivity index (χ1n) is 6.55. The zero-order chi connectivity index (χ0) is 15.9. The number of nitrogens with one attached hydrogen (secondary N) is 1. The van der Waals surface area contributed by atoms with Crippen molar-refractivity contribution in [1.82, 2.24) is 5.32 Å². The average molecular weight is 310 g/mol. The second kappa shape index (κ2) is 7.64. The predicted molar refractivity (Wildman–Crippen MR) is 78.6 cm³/mol. The summed E-state index contributed by atoms with van der Waals surface area (Å²) >= 11 is 0. The minimum Gasteiger partial charge on any atom is -0.465 e. The number of benzene rings is 1. The first kappa shape index (κ1) is 17.0. The van der Waals surface area contributed by atoms with Crippen molar-refractivity contribution in [3.63, 3.8) is 0 Å². The van der Waals surface area contributed by atoms with Crippen LogP contribution in [-0.4, -0.2) is 31.9 Å². The van der Waals surface area contributed by atoms with Gasteiger partial charge in [0.05, 0.1) is 22.6 Å². The molecule has 1 aromatic carbocycles. The van der Waals surface area contributed by atoms with E-state index in [2.05, 4.69) is 5.32 Å². The molecule has 0 fully saturated rings. The molecule has 1 rings (SSSR count). The highest BCUT2D eigenvalue weighted by molar-refractivity contribution is 7.91. The Morgan fingerprint density at radius 2 is 1.95 bits per heavy atom. The van der Waals surface area contributed by atoms with E-state index in [-0.39, 0.29) is 12.3 Å². The van der Waals surface area contributed by atoms with Crippen molar-refractivity contribution >= 4 is 15.9 Å². The van der Waals surface area contributed by atoms with E-state index in [1.54, 1.807) is 31.2 Å². The van der Waals surface area contributed by atoms with Gasteiger partial charge in [-0.15, -0.1) is 0 Å². The van der Waals surface area contributed by atoms with Crippen LogP contribution in [0.15, 0.2) is 24.3 Å². The Kier molecular flexibility index (Phi) is 6.18. The summed E-state index contributed by atoms with van der Waals surface area (Å²) in [6.07, 6.45) is -0.224. The number of amides is 1. The number of nitrogens with zero attached hydrogens (tertiary/aromatic N) is 1. The van der Waals surface area contributed by atoms with Crippen molar-refractivity contribution in [2.75, 3.05) is 12.3 Å². The standard InChI is InChI=1S/C14H18N2O4S/c1-11(13-6-4-12(10-15)5-7-13)21(19,20)9-3-2-8-16-14(17)18/h4-7,11,16H,2-3,8-9H2,1H3,(H,17,18). The number of hydrogen-bond acceptors (Lipinski definition) is 4. The average Bonchev–Trinajstić information content (AvgIpc) is 2.45. The van der Waals surface area contributed by atoms with Crippen molar-refractivity contribution in [3.8, 4) is 6.07 Å². The molecule has 0 aliphatic rings. The third kappa shape index (κ3) is 5.44. The lowest BCUT2D eigenvalue weighted by Crippen LogP contribution is -2.22. The van der Waals surface area contributed by atoms with Gasteiger partial charge in [0.25, 0.3) is 0 Å². The minimum absolute atomic E-state index is 0.00939. The molecule has 0 spiro atoms. The Hall–Kier alpha value is -2.07. The van der Waals surface area contributed by atoms with Crippen LogP contribution in [0.1, 0.15) is 36.1 Å². The first-order valence-corrected chi connectivity index (χ1v) is 8.27. The van der Waals surface area contributed by atoms with E-state index in [9.17, 15) is 13.2 Å². The molecule has 21 heavy (non-hydrogen) atoms. The molecule has 0 heterocycles. The maximum absolute atomic E-state index is 12.2. The van der Waals surface area contributed by atoms with Crippen LogP contribution in [0.2, 0.25) is 0 Å². The molecule has 1 amide bonds. The molecule has 0 radical (unpaired) electrons. The quantitative estimate of drug-likeness (QED) is 0.750. The molecule has 1 unspecified atom stereocenters. The van der Waals surface area contributed by atoms with Gasteiger partial charge >= 0.3 is 6.09 Å². The molecular formula is C14H18N2O4S. The topological polar surface area (TPSA) is 107 Å². The molecule has 6 nitrogen and oxygen atoms in total. The molecule has 0 saturated heterocycles. The molecule has 0 aliphatic heterocycles. The lowest BCUT2D eigenvalue weighted by molar-refractivity contribution is 0.194. The van der Waals surface area contributed by atoms with E-state index >= 15 is 0 Å². The predicted octanol–water partition coefficient (Wildman–Crippen LogP) is 2.08. The lowest BCUT2D eigenvalue weighted by Gasteiger charge is -2.13. The summed E-state index contributed by atoms with van der Waals surface area (Å²) in [4.78, 5) is 10.3. The molecule has 0 aliphatic carbocycles. The number of hydrogen-bond donors (Lipinski definition) is 2. The molecule has 0 saturated carbocycles. The minimum atomic E-state index is -3.29. The van der Waals surface area contributed by atoms with Gasteiger partial charge in [-0.25, -0.2) is 13.2 Å². The van der Waals surface area contributed by atoms with Crippen molar-refractivity contribution in [3.05, 3.63) is 35.4 Å². The van der Waals surface area contributed by atoms with E-state index in [1.807, 2.05) is 6.07 Å². The zero-order valence-corrected chi connectivity index (χ0v) is 12.6. The number of unbranched alkanes of at least 4 members (excludes halogenated alkanes) is 1. The molecule has 0 bridgehead atoms. The Bertz CT molecular complexity index is 617. The summed E-state index contributed by atoms with van der Waals surface area (Å²) < 4.78 is 24.4. The zero-order valence-electron chi connectivity index (χ0n) is 11.7. The van der Waals surface area contributed by atoms with E-state index in [0.29, 0.717) is 24.0 Å². The summed E-state index contributed by atoms with van der Waals surface area (Å²) in [5, 5.41) is 18.7. The van der Waals surface area contributed by atoms with E-state index in [0.717, 1.165) is 0 Å². The molecule has 1 aromatic rings. The molecule has 2 N–H and O–H groups in total. The highest BCUT2D eigenvalue weighted by Crippen LogP contribution is 2.23. The smallest absolute Gasteiger partial charge is 0.404 e. The van der Waals surface area contributed by atoms with Crippen LogP contribution in [0.4, 0.5) is 4.79 Å². The highest BCUT2D eigenvalue weighted by Gasteiger charge is 2.21. The van der Waals surface area contributed by atoms with Crippen LogP contribution in [-0.2, 0) is 9.84 Å². The second-order valence-electron chi connectivity index (χ2n) is 4.68. The molecule has 114 valence electrons. The van der Waals surface area contributed by atoms with Crippen LogP contribution in [0.25, 0.3) is 0 Å². The van der Waals surface area contributed by atoms with Crippen molar-refractivity contribution in [2.24, 2.45) is 0 Å². The summed E-state index contributed by atoms with van der Waals surface area (Å²) in [5.74, 6) is 0.00939. The monoisotopic (exact) mass is 310 g/mol. The van der Waals surface area contributed by atoms with Gasteiger partial charge in [-0.05, 0) is 37.5 Å². The third-order valence-corrected chi connectivity index (χ3v) is 5.39. The van der Waals surface area contributed by atoms with Gasteiger partial charge in [-0.3, -0.25) is 0 Å². The molecule has 7 heteroatoms. The normalized spacial score (nSPS) is 12.4. The van der Waals surface area contributed by atoms with Gasteiger partial charge in [0.1, 0.15) is 0 Å². The van der Waals surface area contributed by atoms with E-state index in [4.69, 9.17) is 10.4 Å². The first-order chi connectivity index (χ1) is 9.86. The van der Waals surface area contributed by atoms with Crippen molar-refractivity contribution in [1.29, 1.82) is 5.26 Å². The van der Waals surface area contributed by atoms with Gasteiger partial charge in [-0.2, -0.15) is 5.26 Å². The summed E-state index contributed by atoms with van der Waals surface area (Å²) in [6.45, 7) is 1.86. The van der Waals surface area contributed by atoms with Crippen LogP contribution >= 0.6 is 0 Å². The van der Waals surface area contributed by atoms with Crippen LogP contribution in [0, 0.1) is 11.3 Å². The Morgan fingerprint density at radius 1 is 1.33 bits per heavy atom. The van der Waals surface area contributed by atoms with Crippen molar-refractivity contribution < 1.29 is 18.3 Å². The summed E-state index contributed by atoms with van der Waals surface area (Å²) in [5.41, 5.74) is 1.14. The fourth-order valence-electron chi connectivity index (χ4n) is 1.84. The van der Waals surface area contributed by atoms with Gasteiger partial charge in [0.2, 0.25) is 0 Å². The molecule has 0 aromatic heterocycles. The van der Waals surface area contributed by atoms with Gasteiger partial charge in [0, 0.05) is 6.54 Å². The summed E-state index contributed by atoms with van der Waals surface area (Å²) in [6, 6.07) is 8.47. The number of carbonyl (C=O) groups is 1. The lowest BCUT2D eigenvalue weighted by atomic mass is 10.1. The maximum Gasteiger partial charge on any atom is 0.404 e. The van der Waals surface area contributed by atoms with Gasteiger partial charge < -0.3 is 10.4 Å². The van der Waals surface area contributed by atoms with Gasteiger partial charge in [0.15, 0.2) is 9.84 Å². The van der Waals surface area contributed by atoms with Gasteiger partial charge in [-0.1, -0.05) is 12.1 Å². The molecule has 1 atom stereocenters. The molecular weight excluding hydrogens is 292 g/mol. The fraction of sp³-hybridized carbons (Fsp3) is 0.429. The number of rotatable bonds is 7. The Morgan fingerprint density at radius 3 is 2.48 bits per heavy atom. The van der Waals surface area contributed by atoms with E-state index in [1.165, 1.54) is 0 Å². The maximum atomic E-state index is 12.2. The van der Waals surface area contributed by atoms with Crippen molar-refractivity contribution in [2.45, 2.75) is 25.0 Å². The Labute approximate surface area is 124 Å². The number of carboxylic acid groups (broad SMARTS) is 1. The third-order valence-electron chi connectivity index (χ3n) is 3.18. The highest BCUT2D eigenvalue weighted by atomic mass is 32.2. The second-order valence-corrected chi connectivity index (χ2v) is 7.12. The fourth-order valence-corrected chi connectivity index (χ4v) is 3.37. The number of sulfone groups is 1. The van der Waals surface area contributed by atoms with E-state index < -0.39 is 21.2 Å². The van der Waals surface area contributed by atoms with Crippen LogP contribution < -0.4 is 5.32 Å². The van der Waals surface area contributed by atoms with Crippen LogP contribution in [0.3, 0.4) is 0 Å². The SMILES string of the molecule is CC(c1ccc(C#N)cc1)S(=O)(=O)CCCCNC(=O)O. The van der Waals surface area contributed by atoms with Crippen LogP contribution in [0.5, 0.6) is 0 Å². The number of nitriles is 1.